The predicted molar refractivity (Wildman–Crippen MR) is 89.2 cm³/mol. The van der Waals surface area contributed by atoms with Crippen molar-refractivity contribution in [1.29, 1.82) is 0 Å². The Labute approximate surface area is 134 Å². The van der Waals surface area contributed by atoms with E-state index in [0.29, 0.717) is 23.4 Å². The molecule has 3 aromatic heterocycles. The number of carbonyl (C=O) groups excluding carboxylic acids is 1. The molecular weight excluding hydrogens is 288 g/mol. The lowest BCUT2D eigenvalue weighted by Gasteiger charge is -2.10. The van der Waals surface area contributed by atoms with Crippen LogP contribution in [0.25, 0.3) is 11.0 Å². The van der Waals surface area contributed by atoms with Gasteiger partial charge in [0.2, 0.25) is 0 Å². The molecule has 0 aliphatic rings. The molecule has 0 aromatic carbocycles. The summed E-state index contributed by atoms with van der Waals surface area (Å²) in [6.45, 7) is 6.17. The maximum Gasteiger partial charge on any atom is 0.253 e. The monoisotopic (exact) mass is 306 g/mol. The Balaban J connectivity index is 1.81. The minimum absolute atomic E-state index is 0.138. The molecule has 0 bridgehead atoms. The van der Waals surface area contributed by atoms with Gasteiger partial charge in [-0.15, -0.1) is 0 Å². The number of aromatic nitrogens is 3. The molecule has 3 heterocycles. The lowest BCUT2D eigenvalue weighted by Crippen LogP contribution is -2.24. The van der Waals surface area contributed by atoms with Crippen LogP contribution in [0.1, 0.15) is 33.0 Å². The highest BCUT2D eigenvalue weighted by atomic mass is 16.1. The number of nitrogens with zero attached hydrogens (tertiary/aromatic N) is 3. The molecule has 116 valence electrons. The summed E-state index contributed by atoms with van der Waals surface area (Å²) in [7, 11) is 0. The summed E-state index contributed by atoms with van der Waals surface area (Å²) in [4.78, 5) is 25.5. The molecule has 0 fully saturated rings. The van der Waals surface area contributed by atoms with Gasteiger partial charge in [0, 0.05) is 29.5 Å². The SMILES string of the molecule is Cc1ccc(CNC(=O)c2cc3cccnc3nc2C)c(C)n1. The van der Waals surface area contributed by atoms with E-state index in [9.17, 15) is 4.79 Å². The lowest BCUT2D eigenvalue weighted by molar-refractivity contribution is 0.0950. The van der Waals surface area contributed by atoms with E-state index in [-0.39, 0.29) is 5.91 Å². The normalized spacial score (nSPS) is 10.7. The second-order valence-corrected chi connectivity index (χ2v) is 5.55. The Hall–Kier alpha value is -2.82. The number of nitrogens with one attached hydrogen (secondary N) is 1. The van der Waals surface area contributed by atoms with Crippen molar-refractivity contribution in [2.75, 3.05) is 0 Å². The summed E-state index contributed by atoms with van der Waals surface area (Å²) in [6, 6.07) is 9.51. The molecule has 0 radical (unpaired) electrons. The van der Waals surface area contributed by atoms with Crippen molar-refractivity contribution in [2.24, 2.45) is 0 Å². The maximum absolute atomic E-state index is 12.5. The molecule has 0 spiro atoms. The Morgan fingerprint density at radius 3 is 2.70 bits per heavy atom. The molecule has 23 heavy (non-hydrogen) atoms. The third kappa shape index (κ3) is 3.18. The van der Waals surface area contributed by atoms with Gasteiger partial charge >= 0.3 is 0 Å². The van der Waals surface area contributed by atoms with E-state index >= 15 is 0 Å². The molecule has 0 unspecified atom stereocenters. The highest BCUT2D eigenvalue weighted by Crippen LogP contribution is 2.15. The van der Waals surface area contributed by atoms with E-state index < -0.39 is 0 Å². The van der Waals surface area contributed by atoms with Crippen LogP contribution in [0.3, 0.4) is 0 Å². The van der Waals surface area contributed by atoms with E-state index in [4.69, 9.17) is 0 Å². The molecule has 5 nitrogen and oxygen atoms in total. The third-order valence-corrected chi connectivity index (χ3v) is 3.80. The minimum atomic E-state index is -0.138. The van der Waals surface area contributed by atoms with Gasteiger partial charge in [-0.2, -0.15) is 0 Å². The van der Waals surface area contributed by atoms with Gasteiger partial charge in [-0.05, 0) is 50.6 Å². The molecular formula is C18H18N4O. The fourth-order valence-electron chi connectivity index (χ4n) is 2.50. The number of hydrogen-bond donors (Lipinski definition) is 1. The van der Waals surface area contributed by atoms with Gasteiger partial charge in [-0.1, -0.05) is 6.07 Å². The van der Waals surface area contributed by atoms with Crippen molar-refractivity contribution in [3.8, 4) is 0 Å². The molecule has 5 heteroatoms. The van der Waals surface area contributed by atoms with Gasteiger partial charge in [0.1, 0.15) is 0 Å². The number of carbonyl (C=O) groups is 1. The molecule has 0 aliphatic heterocycles. The maximum atomic E-state index is 12.5. The standard InChI is InChI=1S/C18H18N4O/c1-11-6-7-15(12(2)21-11)10-20-18(23)16-9-14-5-4-8-19-17(14)22-13(16)3/h4-9H,10H2,1-3H3,(H,20,23). The quantitative estimate of drug-likeness (QED) is 0.808. The fraction of sp³-hybridized carbons (Fsp3) is 0.222. The average molecular weight is 306 g/mol. The zero-order valence-corrected chi connectivity index (χ0v) is 13.4. The van der Waals surface area contributed by atoms with Crippen molar-refractivity contribution in [2.45, 2.75) is 27.3 Å². The van der Waals surface area contributed by atoms with Crippen LogP contribution in [-0.2, 0) is 6.54 Å². The molecule has 3 aromatic rings. The summed E-state index contributed by atoms with van der Waals surface area (Å²) in [5.74, 6) is -0.138. The van der Waals surface area contributed by atoms with Crippen LogP contribution in [0.4, 0.5) is 0 Å². The molecule has 3 rings (SSSR count). The van der Waals surface area contributed by atoms with E-state index in [0.717, 1.165) is 22.3 Å². The van der Waals surface area contributed by atoms with Crippen LogP contribution in [0.5, 0.6) is 0 Å². The van der Waals surface area contributed by atoms with Gasteiger partial charge in [-0.3, -0.25) is 9.78 Å². The molecule has 1 amide bonds. The van der Waals surface area contributed by atoms with Gasteiger partial charge in [0.15, 0.2) is 5.65 Å². The summed E-state index contributed by atoms with van der Waals surface area (Å²) < 4.78 is 0. The van der Waals surface area contributed by atoms with Crippen molar-refractivity contribution >= 4 is 16.9 Å². The summed E-state index contributed by atoms with van der Waals surface area (Å²) in [6.07, 6.45) is 1.70. The van der Waals surface area contributed by atoms with Gasteiger partial charge < -0.3 is 5.32 Å². The van der Waals surface area contributed by atoms with Crippen molar-refractivity contribution < 1.29 is 4.79 Å². The zero-order valence-electron chi connectivity index (χ0n) is 13.4. The smallest absolute Gasteiger partial charge is 0.253 e. The first-order valence-corrected chi connectivity index (χ1v) is 7.48. The number of amides is 1. The zero-order chi connectivity index (χ0) is 16.4. The average Bonchev–Trinajstić information content (AvgIpc) is 2.53. The molecule has 0 atom stereocenters. The van der Waals surface area contributed by atoms with E-state index in [1.54, 1.807) is 6.20 Å². The first kappa shape index (κ1) is 15.1. The lowest BCUT2D eigenvalue weighted by atomic mass is 10.1. The first-order chi connectivity index (χ1) is 11.0. The summed E-state index contributed by atoms with van der Waals surface area (Å²) in [5, 5.41) is 3.80. The molecule has 1 N–H and O–H groups in total. The Kier molecular flexibility index (Phi) is 4.02. The van der Waals surface area contributed by atoms with Crippen molar-refractivity contribution in [3.63, 3.8) is 0 Å². The summed E-state index contributed by atoms with van der Waals surface area (Å²) >= 11 is 0. The number of fused-ring (bicyclic) bond motifs is 1. The van der Waals surface area contributed by atoms with Crippen LogP contribution in [0, 0.1) is 20.8 Å². The third-order valence-electron chi connectivity index (χ3n) is 3.80. The van der Waals surface area contributed by atoms with Crippen LogP contribution in [-0.4, -0.2) is 20.9 Å². The van der Waals surface area contributed by atoms with E-state index in [1.165, 1.54) is 0 Å². The van der Waals surface area contributed by atoms with Crippen LogP contribution in [0.15, 0.2) is 36.5 Å². The predicted octanol–water partition coefficient (Wildman–Crippen LogP) is 2.88. The van der Waals surface area contributed by atoms with Gasteiger partial charge in [0.05, 0.1) is 11.3 Å². The highest BCUT2D eigenvalue weighted by molar-refractivity contribution is 5.98. The highest BCUT2D eigenvalue weighted by Gasteiger charge is 2.12. The molecule has 0 saturated carbocycles. The largest absolute Gasteiger partial charge is 0.348 e. The van der Waals surface area contributed by atoms with E-state index in [1.807, 2.05) is 51.1 Å². The number of hydrogen-bond acceptors (Lipinski definition) is 4. The minimum Gasteiger partial charge on any atom is -0.348 e. The van der Waals surface area contributed by atoms with Crippen LogP contribution >= 0.6 is 0 Å². The van der Waals surface area contributed by atoms with Gasteiger partial charge in [0.25, 0.3) is 5.91 Å². The number of pyridine rings is 3. The Morgan fingerprint density at radius 1 is 1.09 bits per heavy atom. The number of aryl methyl sites for hydroxylation is 3. The second-order valence-electron chi connectivity index (χ2n) is 5.55. The van der Waals surface area contributed by atoms with Crippen molar-refractivity contribution in [3.05, 3.63) is 64.7 Å². The van der Waals surface area contributed by atoms with E-state index in [2.05, 4.69) is 20.3 Å². The van der Waals surface area contributed by atoms with Crippen LogP contribution in [0.2, 0.25) is 0 Å². The first-order valence-electron chi connectivity index (χ1n) is 7.48. The Morgan fingerprint density at radius 2 is 1.91 bits per heavy atom. The van der Waals surface area contributed by atoms with Gasteiger partial charge in [-0.25, -0.2) is 9.97 Å². The summed E-state index contributed by atoms with van der Waals surface area (Å²) in [5.41, 5.74) is 4.82. The molecule has 0 aliphatic carbocycles. The fourth-order valence-corrected chi connectivity index (χ4v) is 2.50. The topological polar surface area (TPSA) is 67.8 Å². The Bertz CT molecular complexity index is 889. The second kappa shape index (κ2) is 6.12. The number of rotatable bonds is 3. The van der Waals surface area contributed by atoms with Crippen LogP contribution < -0.4 is 5.32 Å². The van der Waals surface area contributed by atoms with Crippen molar-refractivity contribution in [1.82, 2.24) is 20.3 Å². The molecule has 0 saturated heterocycles.